The van der Waals surface area contributed by atoms with Gasteiger partial charge in [-0.25, -0.2) is 0 Å². The van der Waals surface area contributed by atoms with Gasteiger partial charge in [0, 0.05) is 15.1 Å². The molecule has 0 aliphatic carbocycles. The normalized spacial score (nSPS) is 12.7. The Morgan fingerprint density at radius 1 is 1.08 bits per heavy atom. The largest absolute Gasteiger partial charge is 0.460 e. The fraction of sp³-hybridized carbons (Fsp3) is 0.350. The molecule has 0 aliphatic rings. The lowest BCUT2D eigenvalue weighted by Crippen LogP contribution is -2.31. The van der Waals surface area contributed by atoms with Crippen LogP contribution in [0.1, 0.15) is 26.3 Å². The summed E-state index contributed by atoms with van der Waals surface area (Å²) in [5.74, 6) is 0.405. The molecule has 0 bridgehead atoms. The zero-order chi connectivity index (χ0) is 17.6. The van der Waals surface area contributed by atoms with Crippen molar-refractivity contribution in [2.24, 2.45) is 5.92 Å². The Bertz CT molecular complexity index is 648. The first-order chi connectivity index (χ1) is 11.3. The van der Waals surface area contributed by atoms with E-state index in [9.17, 15) is 4.79 Å². The van der Waals surface area contributed by atoms with Crippen LogP contribution in [0.4, 0.5) is 0 Å². The maximum absolute atomic E-state index is 12.6. The highest BCUT2D eigenvalue weighted by Gasteiger charge is 2.25. The van der Waals surface area contributed by atoms with Crippen molar-refractivity contribution in [1.29, 1.82) is 0 Å². The Kier molecular flexibility index (Phi) is 6.93. The number of carbonyl (C=O) groups excluding carboxylic acids is 1. The molecule has 2 nitrogen and oxygen atoms in total. The first-order valence-electron chi connectivity index (χ1n) is 7.98. The third kappa shape index (κ3) is 6.70. The second-order valence-corrected chi connectivity index (χ2v) is 8.69. The first kappa shape index (κ1) is 19.1. The minimum absolute atomic E-state index is 0.129. The van der Waals surface area contributed by atoms with E-state index in [1.807, 2.05) is 51.1 Å². The van der Waals surface area contributed by atoms with Gasteiger partial charge in [0.1, 0.15) is 5.60 Å². The minimum Gasteiger partial charge on any atom is -0.460 e. The van der Waals surface area contributed by atoms with Gasteiger partial charge in [-0.1, -0.05) is 46.3 Å². The molecule has 0 spiro atoms. The van der Waals surface area contributed by atoms with Gasteiger partial charge in [-0.2, -0.15) is 0 Å². The van der Waals surface area contributed by atoms with Crippen LogP contribution in [0.2, 0.25) is 0 Å². The van der Waals surface area contributed by atoms with Crippen LogP contribution in [-0.2, 0) is 16.0 Å². The fourth-order valence-corrected chi connectivity index (χ4v) is 3.46. The second-order valence-electron chi connectivity index (χ2n) is 6.69. The van der Waals surface area contributed by atoms with E-state index in [2.05, 4.69) is 40.2 Å². The number of hydrogen-bond donors (Lipinski definition) is 0. The summed E-state index contributed by atoms with van der Waals surface area (Å²) in [5.41, 5.74) is 0.693. The van der Waals surface area contributed by atoms with Crippen LogP contribution in [0, 0.1) is 5.92 Å². The first-order valence-corrected chi connectivity index (χ1v) is 9.76. The molecule has 0 heterocycles. The molecule has 128 valence electrons. The number of rotatable bonds is 6. The van der Waals surface area contributed by atoms with Crippen molar-refractivity contribution in [3.05, 3.63) is 64.6 Å². The molecule has 0 fully saturated rings. The number of thioether (sulfide) groups is 1. The van der Waals surface area contributed by atoms with Crippen LogP contribution in [-0.4, -0.2) is 17.3 Å². The fourth-order valence-electron chi connectivity index (χ4n) is 2.22. The highest BCUT2D eigenvalue weighted by atomic mass is 79.9. The topological polar surface area (TPSA) is 26.3 Å². The third-order valence-corrected chi connectivity index (χ3v) is 5.03. The van der Waals surface area contributed by atoms with Gasteiger partial charge in [0.05, 0.1) is 5.92 Å². The summed E-state index contributed by atoms with van der Waals surface area (Å²) in [6.45, 7) is 5.73. The number of benzene rings is 2. The van der Waals surface area contributed by atoms with Crippen molar-refractivity contribution < 1.29 is 9.53 Å². The number of hydrogen-bond acceptors (Lipinski definition) is 3. The Hall–Kier alpha value is -1.26. The quantitative estimate of drug-likeness (QED) is 0.451. The predicted octanol–water partition coefficient (Wildman–Crippen LogP) is 5.74. The molecular weight excluding hydrogens is 384 g/mol. The molecule has 0 radical (unpaired) electrons. The van der Waals surface area contributed by atoms with Gasteiger partial charge < -0.3 is 4.74 Å². The number of halogens is 1. The lowest BCUT2D eigenvalue weighted by molar-refractivity contribution is -0.159. The van der Waals surface area contributed by atoms with Gasteiger partial charge in [-0.15, -0.1) is 11.8 Å². The van der Waals surface area contributed by atoms with E-state index in [1.165, 1.54) is 0 Å². The van der Waals surface area contributed by atoms with E-state index in [0.29, 0.717) is 12.2 Å². The number of esters is 1. The minimum atomic E-state index is -0.464. The van der Waals surface area contributed by atoms with Gasteiger partial charge in [-0.3, -0.25) is 4.79 Å². The highest BCUT2D eigenvalue weighted by Crippen LogP contribution is 2.26. The molecule has 24 heavy (non-hydrogen) atoms. The Labute approximate surface area is 157 Å². The van der Waals surface area contributed by atoms with E-state index < -0.39 is 5.60 Å². The summed E-state index contributed by atoms with van der Waals surface area (Å²) in [4.78, 5) is 13.7. The smallest absolute Gasteiger partial charge is 0.310 e. The van der Waals surface area contributed by atoms with Crippen molar-refractivity contribution in [1.82, 2.24) is 0 Å². The Morgan fingerprint density at radius 3 is 2.29 bits per heavy atom. The summed E-state index contributed by atoms with van der Waals surface area (Å²) in [7, 11) is 0. The summed E-state index contributed by atoms with van der Waals surface area (Å²) >= 11 is 5.13. The summed E-state index contributed by atoms with van der Waals surface area (Å²) in [6.07, 6.45) is 0.694. The second kappa shape index (κ2) is 8.72. The lowest BCUT2D eigenvalue weighted by Gasteiger charge is -2.24. The molecule has 1 atom stereocenters. The zero-order valence-electron chi connectivity index (χ0n) is 14.3. The van der Waals surface area contributed by atoms with Crippen LogP contribution in [0.25, 0.3) is 0 Å². The average Bonchev–Trinajstić information content (AvgIpc) is 2.52. The summed E-state index contributed by atoms with van der Waals surface area (Å²) in [6, 6.07) is 18.3. The number of carbonyl (C=O) groups is 1. The molecule has 0 amide bonds. The van der Waals surface area contributed by atoms with Crippen molar-refractivity contribution in [2.45, 2.75) is 37.7 Å². The molecule has 0 aliphatic heterocycles. The molecule has 0 aromatic heterocycles. The monoisotopic (exact) mass is 406 g/mol. The maximum atomic E-state index is 12.6. The van der Waals surface area contributed by atoms with Crippen LogP contribution >= 0.6 is 27.7 Å². The molecule has 2 rings (SSSR count). The molecular formula is C20H23BrO2S. The van der Waals surface area contributed by atoms with Gasteiger partial charge in [0.25, 0.3) is 0 Å². The SMILES string of the molecule is CC(C)(C)OC(=O)C(CSc1ccc(Br)cc1)Cc1ccccc1. The number of ether oxygens (including phenoxy) is 1. The molecule has 0 N–H and O–H groups in total. The molecule has 1 unspecified atom stereocenters. The highest BCUT2D eigenvalue weighted by molar-refractivity contribution is 9.10. The van der Waals surface area contributed by atoms with E-state index >= 15 is 0 Å². The van der Waals surface area contributed by atoms with Gasteiger partial charge >= 0.3 is 5.97 Å². The van der Waals surface area contributed by atoms with E-state index in [4.69, 9.17) is 4.74 Å². The van der Waals surface area contributed by atoms with Crippen LogP contribution in [0.3, 0.4) is 0 Å². The average molecular weight is 407 g/mol. The van der Waals surface area contributed by atoms with Crippen molar-refractivity contribution in [3.63, 3.8) is 0 Å². The van der Waals surface area contributed by atoms with Crippen molar-refractivity contribution in [3.8, 4) is 0 Å². The summed E-state index contributed by atoms with van der Waals surface area (Å²) in [5, 5.41) is 0. The predicted molar refractivity (Wildman–Crippen MR) is 104 cm³/mol. The molecule has 2 aromatic carbocycles. The maximum Gasteiger partial charge on any atom is 0.310 e. The van der Waals surface area contributed by atoms with Crippen LogP contribution < -0.4 is 0 Å². The van der Waals surface area contributed by atoms with Gasteiger partial charge in [0.15, 0.2) is 0 Å². The zero-order valence-corrected chi connectivity index (χ0v) is 16.7. The van der Waals surface area contributed by atoms with Crippen LogP contribution in [0.5, 0.6) is 0 Å². The van der Waals surface area contributed by atoms with Gasteiger partial charge in [-0.05, 0) is 57.0 Å². The molecule has 0 saturated heterocycles. The lowest BCUT2D eigenvalue weighted by atomic mass is 10.0. The Morgan fingerprint density at radius 2 is 1.71 bits per heavy atom. The van der Waals surface area contributed by atoms with E-state index in [1.54, 1.807) is 11.8 Å². The molecule has 0 saturated carbocycles. The Balaban J connectivity index is 2.06. The third-order valence-electron chi connectivity index (χ3n) is 3.33. The van der Waals surface area contributed by atoms with Crippen molar-refractivity contribution in [2.75, 3.05) is 5.75 Å². The van der Waals surface area contributed by atoms with E-state index in [-0.39, 0.29) is 11.9 Å². The van der Waals surface area contributed by atoms with E-state index in [0.717, 1.165) is 14.9 Å². The summed E-state index contributed by atoms with van der Waals surface area (Å²) < 4.78 is 6.68. The molecule has 4 heteroatoms. The standard InChI is InChI=1S/C20H23BrO2S/c1-20(2,3)23-19(22)16(13-15-7-5-4-6-8-15)14-24-18-11-9-17(21)10-12-18/h4-12,16H,13-14H2,1-3H3. The molecule has 2 aromatic rings. The van der Waals surface area contributed by atoms with Gasteiger partial charge in [0.2, 0.25) is 0 Å². The van der Waals surface area contributed by atoms with Crippen LogP contribution in [0.15, 0.2) is 64.0 Å². The van der Waals surface area contributed by atoms with Crippen molar-refractivity contribution >= 4 is 33.7 Å².